The van der Waals surface area contributed by atoms with E-state index in [1.807, 2.05) is 12.1 Å². The third-order valence-electron chi connectivity index (χ3n) is 3.40. The van der Waals surface area contributed by atoms with Crippen LogP contribution >= 0.6 is 0 Å². The molecule has 0 saturated carbocycles. The second-order valence-electron chi connectivity index (χ2n) is 5.12. The van der Waals surface area contributed by atoms with Gasteiger partial charge in [-0.1, -0.05) is 17.9 Å². The number of carbonyl (C=O) groups excluding carboxylic acids is 1. The summed E-state index contributed by atoms with van der Waals surface area (Å²) >= 11 is 0. The number of benzene rings is 1. The summed E-state index contributed by atoms with van der Waals surface area (Å²) in [6, 6.07) is 7.39. The second kappa shape index (κ2) is 7.09. The smallest absolute Gasteiger partial charge is 0.251 e. The molecule has 0 radical (unpaired) electrons. The molecule has 1 unspecified atom stereocenters. The molecule has 1 atom stereocenters. The minimum Gasteiger partial charge on any atom is -0.384 e. The van der Waals surface area contributed by atoms with Crippen LogP contribution in [0.25, 0.3) is 0 Å². The van der Waals surface area contributed by atoms with Crippen molar-refractivity contribution in [3.05, 3.63) is 35.4 Å². The summed E-state index contributed by atoms with van der Waals surface area (Å²) in [7, 11) is 2.07. The van der Waals surface area contributed by atoms with Crippen molar-refractivity contribution in [1.29, 1.82) is 0 Å². The van der Waals surface area contributed by atoms with Gasteiger partial charge in [-0.3, -0.25) is 4.79 Å². The molecule has 1 aliphatic rings. The third kappa shape index (κ3) is 4.09. The normalized spacial score (nSPS) is 19.0. The van der Waals surface area contributed by atoms with Gasteiger partial charge in [-0.2, -0.15) is 0 Å². The number of amides is 1. The van der Waals surface area contributed by atoms with E-state index in [9.17, 15) is 4.79 Å². The van der Waals surface area contributed by atoms with Gasteiger partial charge < -0.3 is 15.3 Å². The number of piperidine rings is 1. The van der Waals surface area contributed by atoms with Crippen molar-refractivity contribution < 1.29 is 9.90 Å². The van der Waals surface area contributed by atoms with Crippen LogP contribution < -0.4 is 5.32 Å². The molecule has 1 aromatic rings. The van der Waals surface area contributed by atoms with Gasteiger partial charge in [-0.15, -0.1) is 0 Å². The first-order valence-electron chi connectivity index (χ1n) is 6.88. The van der Waals surface area contributed by atoms with Gasteiger partial charge in [0.2, 0.25) is 0 Å². The molecule has 0 spiro atoms. The number of hydrogen-bond donors (Lipinski definition) is 2. The lowest BCUT2D eigenvalue weighted by Crippen LogP contribution is -2.46. The average Bonchev–Trinajstić information content (AvgIpc) is 2.45. The number of likely N-dealkylation sites (tertiary alicyclic amines) is 1. The van der Waals surface area contributed by atoms with Gasteiger partial charge in [0.05, 0.1) is 0 Å². The maximum atomic E-state index is 12.2. The van der Waals surface area contributed by atoms with Crippen LogP contribution in [0.5, 0.6) is 0 Å². The van der Waals surface area contributed by atoms with Crippen LogP contribution in [-0.4, -0.2) is 48.7 Å². The van der Waals surface area contributed by atoms with E-state index in [4.69, 9.17) is 5.11 Å². The fraction of sp³-hybridized carbons (Fsp3) is 0.438. The molecule has 0 aliphatic carbocycles. The van der Waals surface area contributed by atoms with Gasteiger partial charge in [0.15, 0.2) is 0 Å². The van der Waals surface area contributed by atoms with Crippen molar-refractivity contribution in [2.24, 2.45) is 0 Å². The van der Waals surface area contributed by atoms with E-state index in [-0.39, 0.29) is 18.6 Å². The Morgan fingerprint density at radius 3 is 3.15 bits per heavy atom. The van der Waals surface area contributed by atoms with Crippen molar-refractivity contribution in [3.63, 3.8) is 0 Å². The van der Waals surface area contributed by atoms with Crippen LogP contribution in [0.15, 0.2) is 24.3 Å². The summed E-state index contributed by atoms with van der Waals surface area (Å²) in [6.07, 6.45) is 2.14. The first-order valence-corrected chi connectivity index (χ1v) is 6.88. The Balaban J connectivity index is 2.01. The molecule has 4 heteroatoms. The van der Waals surface area contributed by atoms with Crippen LogP contribution in [-0.2, 0) is 0 Å². The monoisotopic (exact) mass is 272 g/mol. The number of hydrogen-bond acceptors (Lipinski definition) is 3. The van der Waals surface area contributed by atoms with Crippen molar-refractivity contribution >= 4 is 5.91 Å². The molecule has 1 saturated heterocycles. The van der Waals surface area contributed by atoms with Crippen molar-refractivity contribution in [2.45, 2.75) is 18.9 Å². The zero-order chi connectivity index (χ0) is 14.4. The number of aliphatic hydroxyl groups is 1. The Bertz CT molecular complexity index is 531. The van der Waals surface area contributed by atoms with Gasteiger partial charge in [-0.05, 0) is 44.6 Å². The Kier molecular flexibility index (Phi) is 5.16. The average molecular weight is 272 g/mol. The predicted octanol–water partition coefficient (Wildman–Crippen LogP) is 0.854. The van der Waals surface area contributed by atoms with Gasteiger partial charge in [0.1, 0.15) is 6.61 Å². The summed E-state index contributed by atoms with van der Waals surface area (Å²) in [5.41, 5.74) is 1.36. The molecule has 20 heavy (non-hydrogen) atoms. The molecule has 0 bridgehead atoms. The molecule has 1 amide bonds. The minimum absolute atomic E-state index is 0.0575. The number of likely N-dealkylation sites (N-methyl/N-ethyl adjacent to an activating group) is 1. The summed E-state index contributed by atoms with van der Waals surface area (Å²) < 4.78 is 0. The summed E-state index contributed by atoms with van der Waals surface area (Å²) in [5.74, 6) is 5.34. The van der Waals surface area contributed by atoms with Crippen LogP contribution in [0.3, 0.4) is 0 Å². The molecule has 1 aromatic carbocycles. The third-order valence-corrected chi connectivity index (χ3v) is 3.40. The van der Waals surface area contributed by atoms with Crippen LogP contribution in [0.1, 0.15) is 28.8 Å². The molecular weight excluding hydrogens is 252 g/mol. The Hall–Kier alpha value is -1.83. The lowest BCUT2D eigenvalue weighted by molar-refractivity contribution is 0.0912. The second-order valence-corrected chi connectivity index (χ2v) is 5.12. The fourth-order valence-corrected chi connectivity index (χ4v) is 2.43. The van der Waals surface area contributed by atoms with E-state index in [2.05, 4.69) is 29.1 Å². The van der Waals surface area contributed by atoms with E-state index in [0.717, 1.165) is 31.5 Å². The minimum atomic E-state index is -0.176. The quantitative estimate of drug-likeness (QED) is 0.785. The van der Waals surface area contributed by atoms with Crippen molar-refractivity contribution in [2.75, 3.05) is 26.7 Å². The number of aliphatic hydroxyl groups excluding tert-OH is 1. The Morgan fingerprint density at radius 2 is 2.40 bits per heavy atom. The highest BCUT2D eigenvalue weighted by Gasteiger charge is 2.19. The van der Waals surface area contributed by atoms with Gasteiger partial charge in [-0.25, -0.2) is 0 Å². The Morgan fingerprint density at radius 1 is 1.55 bits per heavy atom. The first-order chi connectivity index (χ1) is 9.69. The van der Waals surface area contributed by atoms with E-state index in [1.165, 1.54) is 0 Å². The molecule has 0 aromatic heterocycles. The van der Waals surface area contributed by atoms with Crippen molar-refractivity contribution in [1.82, 2.24) is 10.2 Å². The standard InChI is InChI=1S/C16H20N2O2/c1-18-9-3-8-15(12-18)17-16(20)14-7-2-5-13(11-14)6-4-10-19/h2,5,7,11,15,19H,3,8-10,12H2,1H3,(H,17,20). The molecular formula is C16H20N2O2. The first kappa shape index (κ1) is 14.6. The number of nitrogens with zero attached hydrogens (tertiary/aromatic N) is 1. The lowest BCUT2D eigenvalue weighted by atomic mass is 10.1. The van der Waals surface area contributed by atoms with E-state index >= 15 is 0 Å². The number of rotatable bonds is 2. The van der Waals surface area contributed by atoms with Crippen LogP contribution in [0, 0.1) is 11.8 Å². The highest BCUT2D eigenvalue weighted by atomic mass is 16.2. The topological polar surface area (TPSA) is 52.6 Å². The summed E-state index contributed by atoms with van der Waals surface area (Å²) in [4.78, 5) is 14.5. The summed E-state index contributed by atoms with van der Waals surface area (Å²) in [5, 5.41) is 11.8. The van der Waals surface area contributed by atoms with Crippen LogP contribution in [0.2, 0.25) is 0 Å². The van der Waals surface area contributed by atoms with E-state index in [1.54, 1.807) is 12.1 Å². The maximum Gasteiger partial charge on any atom is 0.251 e. The zero-order valence-corrected chi connectivity index (χ0v) is 11.7. The van der Waals surface area contributed by atoms with E-state index in [0.29, 0.717) is 5.56 Å². The highest BCUT2D eigenvalue weighted by molar-refractivity contribution is 5.94. The molecule has 4 nitrogen and oxygen atoms in total. The molecule has 2 rings (SSSR count). The predicted molar refractivity (Wildman–Crippen MR) is 78.4 cm³/mol. The van der Waals surface area contributed by atoms with Crippen LogP contribution in [0.4, 0.5) is 0 Å². The Labute approximate surface area is 119 Å². The zero-order valence-electron chi connectivity index (χ0n) is 11.7. The summed E-state index contributed by atoms with van der Waals surface area (Å²) in [6.45, 7) is 1.82. The number of nitrogens with one attached hydrogen (secondary N) is 1. The molecule has 2 N–H and O–H groups in total. The maximum absolute atomic E-state index is 12.2. The lowest BCUT2D eigenvalue weighted by Gasteiger charge is -2.30. The SMILES string of the molecule is CN1CCCC(NC(=O)c2cccc(C#CCO)c2)C1. The van der Waals surface area contributed by atoms with Gasteiger partial charge >= 0.3 is 0 Å². The van der Waals surface area contributed by atoms with E-state index < -0.39 is 0 Å². The molecule has 1 aliphatic heterocycles. The molecule has 1 heterocycles. The molecule has 1 fully saturated rings. The van der Waals surface area contributed by atoms with Gasteiger partial charge in [0.25, 0.3) is 5.91 Å². The van der Waals surface area contributed by atoms with Crippen molar-refractivity contribution in [3.8, 4) is 11.8 Å². The highest BCUT2D eigenvalue weighted by Crippen LogP contribution is 2.10. The number of carbonyl (C=O) groups is 1. The fourth-order valence-electron chi connectivity index (χ4n) is 2.43. The van der Waals surface area contributed by atoms with Gasteiger partial charge in [0, 0.05) is 23.7 Å². The largest absolute Gasteiger partial charge is 0.384 e. The molecule has 106 valence electrons.